The van der Waals surface area contributed by atoms with Gasteiger partial charge >= 0.3 is 5.69 Å². The van der Waals surface area contributed by atoms with Gasteiger partial charge in [0.05, 0.1) is 17.1 Å². The average molecular weight is 536 g/mol. The molecule has 3 N–H and O–H groups in total. The maximum atomic E-state index is 13.6. The number of H-pyrrole nitrogens is 1. The van der Waals surface area contributed by atoms with Crippen molar-refractivity contribution < 1.29 is 17.9 Å². The highest BCUT2D eigenvalue weighted by Gasteiger charge is 2.33. The fourth-order valence-electron chi connectivity index (χ4n) is 4.42. The number of hydrogen-bond donors (Lipinski definition) is 2. The lowest BCUT2D eigenvalue weighted by Gasteiger charge is -2.34. The molecule has 0 aliphatic carbocycles. The molecule has 1 amide bonds. The van der Waals surface area contributed by atoms with Gasteiger partial charge in [0.2, 0.25) is 10.0 Å². The van der Waals surface area contributed by atoms with Crippen molar-refractivity contribution in [3.63, 3.8) is 0 Å². The molecular weight excluding hydrogens is 498 g/mol. The number of ether oxygens (including phenoxy) is 1. The monoisotopic (exact) mass is 535 g/mol. The molecule has 1 aromatic heterocycles. The van der Waals surface area contributed by atoms with Crippen LogP contribution in [0.5, 0.6) is 0 Å². The smallest absolute Gasteiger partial charge is 0.330 e. The van der Waals surface area contributed by atoms with E-state index in [9.17, 15) is 22.8 Å². The largest absolute Gasteiger partial charge is 0.383 e. The van der Waals surface area contributed by atoms with Gasteiger partial charge in [-0.15, -0.1) is 0 Å². The highest BCUT2D eigenvalue weighted by Crippen LogP contribution is 2.24. The first-order valence-electron chi connectivity index (χ1n) is 12.6. The molecule has 1 aliphatic heterocycles. The lowest BCUT2D eigenvalue weighted by Crippen LogP contribution is -2.48. The number of nitrogens with zero attached hydrogens (tertiary/aromatic N) is 3. The molecule has 1 saturated heterocycles. The second kappa shape index (κ2) is 11.6. The number of nitrogens with one attached hydrogen (secondary N) is 1. The van der Waals surface area contributed by atoms with E-state index < -0.39 is 27.2 Å². The zero-order valence-electron chi connectivity index (χ0n) is 22.1. The van der Waals surface area contributed by atoms with Gasteiger partial charge in [-0.1, -0.05) is 27.2 Å². The predicted octanol–water partition coefficient (Wildman–Crippen LogP) is 2.02. The first-order valence-corrected chi connectivity index (χ1v) is 14.0. The number of amides is 1. The molecule has 1 aromatic carbocycles. The van der Waals surface area contributed by atoms with E-state index in [1.807, 2.05) is 34.6 Å². The number of morpholine rings is 1. The fourth-order valence-corrected chi connectivity index (χ4v) is 6.01. The lowest BCUT2D eigenvalue weighted by molar-refractivity contribution is -0.0440. The van der Waals surface area contributed by atoms with Gasteiger partial charge in [0.15, 0.2) is 5.69 Å². The third-order valence-corrected chi connectivity index (χ3v) is 7.98. The number of benzene rings is 1. The highest BCUT2D eigenvalue weighted by atomic mass is 32.2. The van der Waals surface area contributed by atoms with Crippen molar-refractivity contribution >= 4 is 27.4 Å². The van der Waals surface area contributed by atoms with E-state index in [0.29, 0.717) is 13.0 Å². The number of aromatic amines is 1. The van der Waals surface area contributed by atoms with Crippen LogP contribution in [-0.2, 0) is 21.3 Å². The minimum Gasteiger partial charge on any atom is -0.383 e. The first-order chi connectivity index (χ1) is 17.4. The molecule has 37 heavy (non-hydrogen) atoms. The van der Waals surface area contributed by atoms with Crippen LogP contribution >= 0.6 is 0 Å². The standard InChI is InChI=1S/C25H37N5O6S/c1-6-7-12-29-22(26)21(23(31)27-25(29)33)30(13-16(2)3)24(32)19-8-10-20(11-9-19)37(34,35)28-14-17(4)36-18(5)15-28/h8-11,16-18H,6-7,12-15,26H2,1-5H3,(H,27,31,33). The van der Waals surface area contributed by atoms with E-state index in [1.54, 1.807) is 0 Å². The Kier molecular flexibility index (Phi) is 8.98. The molecular formula is C25H37N5O6S. The summed E-state index contributed by atoms with van der Waals surface area (Å²) in [4.78, 5) is 42.4. The Morgan fingerprint density at radius 2 is 1.76 bits per heavy atom. The minimum atomic E-state index is -3.78. The Labute approximate surface area is 217 Å². The highest BCUT2D eigenvalue weighted by molar-refractivity contribution is 7.89. The van der Waals surface area contributed by atoms with Crippen molar-refractivity contribution in [2.24, 2.45) is 5.92 Å². The van der Waals surface area contributed by atoms with Crippen LogP contribution in [0.2, 0.25) is 0 Å². The van der Waals surface area contributed by atoms with Crippen molar-refractivity contribution in [1.82, 2.24) is 13.9 Å². The summed E-state index contributed by atoms with van der Waals surface area (Å²) in [5.41, 5.74) is 4.97. The van der Waals surface area contributed by atoms with Gasteiger partial charge in [-0.2, -0.15) is 4.31 Å². The van der Waals surface area contributed by atoms with E-state index in [1.165, 1.54) is 38.0 Å². The van der Waals surface area contributed by atoms with Crippen LogP contribution in [0.1, 0.15) is 57.8 Å². The lowest BCUT2D eigenvalue weighted by atomic mass is 10.1. The maximum absolute atomic E-state index is 13.6. The molecule has 3 rings (SSSR count). The number of unbranched alkanes of at least 4 members (excludes halogenated alkanes) is 1. The number of nitrogens with two attached hydrogens (primary N) is 1. The van der Waals surface area contributed by atoms with E-state index in [-0.39, 0.29) is 59.7 Å². The topological polar surface area (TPSA) is 148 Å². The zero-order valence-corrected chi connectivity index (χ0v) is 22.9. The summed E-state index contributed by atoms with van der Waals surface area (Å²) in [6, 6.07) is 5.62. The molecule has 2 atom stereocenters. The second-order valence-electron chi connectivity index (χ2n) is 9.91. The summed E-state index contributed by atoms with van der Waals surface area (Å²) in [5, 5.41) is 0. The van der Waals surface area contributed by atoms with Crippen molar-refractivity contribution in [2.75, 3.05) is 30.3 Å². The fraction of sp³-hybridized carbons (Fsp3) is 0.560. The number of hydrogen-bond acceptors (Lipinski definition) is 7. The van der Waals surface area contributed by atoms with Crippen molar-refractivity contribution in [3.8, 4) is 0 Å². The normalized spacial score (nSPS) is 18.8. The second-order valence-corrected chi connectivity index (χ2v) is 11.8. The average Bonchev–Trinajstić information content (AvgIpc) is 2.82. The third-order valence-electron chi connectivity index (χ3n) is 6.14. The quantitative estimate of drug-likeness (QED) is 0.499. The van der Waals surface area contributed by atoms with Crippen LogP contribution in [0.15, 0.2) is 38.8 Å². The molecule has 2 heterocycles. The van der Waals surface area contributed by atoms with Crippen molar-refractivity contribution in [2.45, 2.75) is 71.1 Å². The Morgan fingerprint density at radius 3 is 2.30 bits per heavy atom. The number of nitrogen functional groups attached to an aromatic ring is 1. The summed E-state index contributed by atoms with van der Waals surface area (Å²) in [7, 11) is -3.78. The number of carbonyl (C=O) groups excluding carboxylic acids is 1. The van der Waals surface area contributed by atoms with Crippen molar-refractivity contribution in [3.05, 3.63) is 50.7 Å². The molecule has 2 aromatic rings. The Morgan fingerprint density at radius 1 is 1.16 bits per heavy atom. The first kappa shape index (κ1) is 28.6. The molecule has 0 spiro atoms. The Hall–Kier alpha value is -2.96. The van der Waals surface area contributed by atoms with Gasteiger partial charge in [-0.25, -0.2) is 13.2 Å². The predicted molar refractivity (Wildman–Crippen MR) is 142 cm³/mol. The SMILES string of the molecule is CCCCn1c(N)c(N(CC(C)C)C(=O)c2ccc(S(=O)(=O)N3CC(C)OC(C)C3)cc2)c(=O)[nH]c1=O. The summed E-state index contributed by atoms with van der Waals surface area (Å²) in [6.45, 7) is 10.3. The molecule has 0 saturated carbocycles. The van der Waals surface area contributed by atoms with Crippen molar-refractivity contribution in [1.29, 1.82) is 0 Å². The summed E-state index contributed by atoms with van der Waals surface area (Å²) < 4.78 is 34.7. The molecule has 2 unspecified atom stereocenters. The van der Waals surface area contributed by atoms with E-state index in [4.69, 9.17) is 10.5 Å². The van der Waals surface area contributed by atoms with Crippen LogP contribution in [0, 0.1) is 5.92 Å². The van der Waals surface area contributed by atoms with Gasteiger partial charge in [-0.3, -0.25) is 19.1 Å². The van der Waals surface area contributed by atoms with Gasteiger partial charge in [0.25, 0.3) is 11.5 Å². The number of carbonyl (C=O) groups is 1. The van der Waals surface area contributed by atoms with E-state index in [2.05, 4.69) is 4.98 Å². The number of rotatable bonds is 9. The van der Waals surface area contributed by atoms with Crippen LogP contribution in [0.25, 0.3) is 0 Å². The number of aromatic nitrogens is 2. The van der Waals surface area contributed by atoms with E-state index in [0.717, 1.165) is 6.42 Å². The van der Waals surface area contributed by atoms with Gasteiger partial charge in [-0.05, 0) is 50.5 Å². The molecule has 1 aliphatic rings. The Bertz CT molecular complexity index is 1320. The molecule has 11 nitrogen and oxygen atoms in total. The van der Waals surface area contributed by atoms with Crippen LogP contribution in [-0.4, -0.2) is 60.0 Å². The maximum Gasteiger partial charge on any atom is 0.330 e. The molecule has 12 heteroatoms. The Balaban J connectivity index is 1.98. The van der Waals surface area contributed by atoms with Gasteiger partial charge in [0.1, 0.15) is 5.82 Å². The summed E-state index contributed by atoms with van der Waals surface area (Å²) in [5.74, 6) is -0.626. The van der Waals surface area contributed by atoms with Crippen LogP contribution < -0.4 is 21.9 Å². The third kappa shape index (κ3) is 6.31. The summed E-state index contributed by atoms with van der Waals surface area (Å²) in [6.07, 6.45) is 1.03. The van der Waals surface area contributed by atoms with Crippen LogP contribution in [0.4, 0.5) is 11.5 Å². The molecule has 1 fully saturated rings. The van der Waals surface area contributed by atoms with Gasteiger partial charge in [0, 0.05) is 31.7 Å². The molecule has 0 radical (unpaired) electrons. The van der Waals surface area contributed by atoms with Crippen LogP contribution in [0.3, 0.4) is 0 Å². The number of sulfonamides is 1. The molecule has 204 valence electrons. The zero-order chi connectivity index (χ0) is 27.5. The number of anilines is 2. The van der Waals surface area contributed by atoms with E-state index >= 15 is 0 Å². The molecule has 0 bridgehead atoms. The van der Waals surface area contributed by atoms with Gasteiger partial charge < -0.3 is 15.4 Å². The minimum absolute atomic E-state index is 0.0243. The summed E-state index contributed by atoms with van der Waals surface area (Å²) >= 11 is 0.